The third-order valence-electron chi connectivity index (χ3n) is 20.0. The summed E-state index contributed by atoms with van der Waals surface area (Å²) in [6, 6.07) is 25.9. The highest BCUT2D eigenvalue weighted by Crippen LogP contribution is 2.70. The third-order valence-corrected chi connectivity index (χ3v) is 20.0. The molecule has 0 nitrogen and oxygen atoms in total. The Morgan fingerprint density at radius 3 is 1.50 bits per heavy atom. The van der Waals surface area contributed by atoms with Gasteiger partial charge in [0.2, 0.25) is 0 Å². The second kappa shape index (κ2) is 22.1. The van der Waals surface area contributed by atoms with Gasteiger partial charge in [-0.05, 0) is 136 Å². The molecule has 3 aliphatic rings. The smallest absolute Gasteiger partial charge is 0.0215 e. The average molecular weight is 892 g/mol. The Bertz CT molecular complexity index is 2120. The van der Waals surface area contributed by atoms with Crippen LogP contribution >= 0.6 is 0 Å². The first-order valence-corrected chi connectivity index (χ1v) is 28.4. The Morgan fingerprint density at radius 2 is 0.985 bits per heavy atom. The largest absolute Gasteiger partial charge is 0.0736 e. The van der Waals surface area contributed by atoms with E-state index in [-0.39, 0.29) is 32.5 Å². The number of allylic oxidation sites excluding steroid dienone is 6. The first-order valence-electron chi connectivity index (χ1n) is 28.4. The van der Waals surface area contributed by atoms with Crippen molar-refractivity contribution in [1.82, 2.24) is 0 Å². The van der Waals surface area contributed by atoms with Gasteiger partial charge in [0.15, 0.2) is 0 Å². The van der Waals surface area contributed by atoms with Crippen molar-refractivity contribution < 1.29 is 0 Å². The Labute approximate surface area is 408 Å². The zero-order chi connectivity index (χ0) is 47.8. The molecule has 0 heterocycles. The molecule has 3 aromatic carbocycles. The standard InChI is InChI=1S/C66H98/c1-14-24-26-28-30-35-46-64(47-36-31-29-27-25-15-2)57-48-50(61(11,16-3)17-4)41-43-52(57)53-44-42-51(49-58(53)64)65(20-7,21-8)66(22-9,23-10)60-55-39-33-32-38-54(55)59(62(12,18-5)19-6)56-40-34-37-45-63(56,60)13/h32-34,37-45,48-49,60H,14-31,35-36,46-47H2,1-13H3. The van der Waals surface area contributed by atoms with Gasteiger partial charge in [0.25, 0.3) is 0 Å². The van der Waals surface area contributed by atoms with Gasteiger partial charge < -0.3 is 0 Å². The SMILES string of the molecule is CCCCCCCCC1(CCCCCCCC)c2cc(C(C)(CC)CC)ccc2-c2ccc(C(CC)(CC)C(CC)(CC)C3c4ccccc4C(C(C)(CC)CC)=C4C=CC=CC43C)cc21. The van der Waals surface area contributed by atoms with E-state index in [0.29, 0.717) is 5.92 Å². The molecule has 2 atom stereocenters. The predicted molar refractivity (Wildman–Crippen MR) is 293 cm³/mol. The van der Waals surface area contributed by atoms with Crippen LogP contribution in [0.25, 0.3) is 16.7 Å². The minimum absolute atomic E-state index is 0.000621. The van der Waals surface area contributed by atoms with E-state index >= 15 is 0 Å². The lowest BCUT2D eigenvalue weighted by atomic mass is 9.41. The fourth-order valence-electron chi connectivity index (χ4n) is 15.0. The van der Waals surface area contributed by atoms with Crippen LogP contribution in [-0.4, -0.2) is 0 Å². The minimum Gasteiger partial charge on any atom is -0.0736 e. The molecule has 3 aromatic rings. The highest BCUT2D eigenvalue weighted by molar-refractivity contribution is 5.84. The maximum Gasteiger partial charge on any atom is 0.0215 e. The molecule has 66 heavy (non-hydrogen) atoms. The molecule has 0 aliphatic heterocycles. The van der Waals surface area contributed by atoms with Crippen LogP contribution < -0.4 is 0 Å². The van der Waals surface area contributed by atoms with Crippen LogP contribution in [0, 0.1) is 16.2 Å². The van der Waals surface area contributed by atoms with Crippen LogP contribution in [0.1, 0.15) is 271 Å². The Hall–Kier alpha value is -3.12. The second-order valence-corrected chi connectivity index (χ2v) is 22.6. The van der Waals surface area contributed by atoms with Crippen LogP contribution in [0.5, 0.6) is 0 Å². The molecule has 0 fully saturated rings. The van der Waals surface area contributed by atoms with Gasteiger partial charge >= 0.3 is 0 Å². The quantitative estimate of drug-likeness (QED) is 0.0669. The molecule has 6 rings (SSSR count). The van der Waals surface area contributed by atoms with Gasteiger partial charge in [-0.15, -0.1) is 0 Å². The lowest BCUT2D eigenvalue weighted by Crippen LogP contribution is -2.54. The number of benzene rings is 3. The van der Waals surface area contributed by atoms with Crippen molar-refractivity contribution in [1.29, 1.82) is 0 Å². The van der Waals surface area contributed by atoms with E-state index in [1.165, 1.54) is 119 Å². The summed E-state index contributed by atoms with van der Waals surface area (Å²) in [4.78, 5) is 0. The van der Waals surface area contributed by atoms with E-state index in [9.17, 15) is 0 Å². The molecule has 0 bridgehead atoms. The van der Waals surface area contributed by atoms with Crippen molar-refractivity contribution in [2.24, 2.45) is 16.2 Å². The summed E-state index contributed by atoms with van der Waals surface area (Å²) in [7, 11) is 0. The summed E-state index contributed by atoms with van der Waals surface area (Å²) < 4.78 is 0. The normalized spacial score (nSPS) is 19.0. The summed E-state index contributed by atoms with van der Waals surface area (Å²) in [5.74, 6) is 0.332. The van der Waals surface area contributed by atoms with Crippen molar-refractivity contribution in [3.05, 3.63) is 124 Å². The molecule has 0 radical (unpaired) electrons. The number of rotatable bonds is 27. The number of hydrogen-bond donors (Lipinski definition) is 0. The van der Waals surface area contributed by atoms with Gasteiger partial charge in [-0.2, -0.15) is 0 Å². The van der Waals surface area contributed by atoms with E-state index < -0.39 is 0 Å². The molecular weight excluding hydrogens is 793 g/mol. The van der Waals surface area contributed by atoms with E-state index in [0.717, 1.165) is 38.5 Å². The number of unbranched alkanes of at least 4 members (excludes halogenated alkanes) is 10. The predicted octanol–water partition coefficient (Wildman–Crippen LogP) is 20.9. The topological polar surface area (TPSA) is 0 Å². The third kappa shape index (κ3) is 8.87. The summed E-state index contributed by atoms with van der Waals surface area (Å²) in [6.45, 7) is 32.4. The molecule has 362 valence electrons. The highest BCUT2D eigenvalue weighted by atomic mass is 14.6. The van der Waals surface area contributed by atoms with Gasteiger partial charge in [0.1, 0.15) is 0 Å². The maximum absolute atomic E-state index is 2.89. The van der Waals surface area contributed by atoms with Crippen LogP contribution in [-0.2, 0) is 16.2 Å². The van der Waals surface area contributed by atoms with Gasteiger partial charge in [0.05, 0.1) is 0 Å². The van der Waals surface area contributed by atoms with E-state index in [1.54, 1.807) is 39.0 Å². The van der Waals surface area contributed by atoms with Crippen molar-refractivity contribution >= 4 is 5.57 Å². The number of fused-ring (bicyclic) bond motifs is 5. The molecule has 0 N–H and O–H groups in total. The molecule has 0 saturated carbocycles. The molecule has 0 saturated heterocycles. The van der Waals surface area contributed by atoms with Crippen LogP contribution in [0.4, 0.5) is 0 Å². The molecule has 0 heteroatoms. The maximum atomic E-state index is 2.89. The molecule has 0 spiro atoms. The van der Waals surface area contributed by atoms with Crippen molar-refractivity contribution in [3.63, 3.8) is 0 Å². The van der Waals surface area contributed by atoms with Crippen molar-refractivity contribution in [3.8, 4) is 11.1 Å². The van der Waals surface area contributed by atoms with Crippen molar-refractivity contribution in [2.75, 3.05) is 0 Å². The average Bonchev–Trinajstić information content (AvgIpc) is 3.62. The monoisotopic (exact) mass is 891 g/mol. The lowest BCUT2D eigenvalue weighted by Gasteiger charge is -2.62. The van der Waals surface area contributed by atoms with Gasteiger partial charge in [-0.3, -0.25) is 0 Å². The minimum atomic E-state index is -0.125. The van der Waals surface area contributed by atoms with Crippen LogP contribution in [0.15, 0.2) is 90.5 Å². The summed E-state index contributed by atoms with van der Waals surface area (Å²) >= 11 is 0. The molecule has 0 amide bonds. The lowest BCUT2D eigenvalue weighted by molar-refractivity contribution is 0.0202. The first kappa shape index (κ1) is 52.3. The summed E-state index contributed by atoms with van der Waals surface area (Å²) in [5, 5.41) is 0. The molecule has 2 unspecified atom stereocenters. The van der Waals surface area contributed by atoms with E-state index in [1.807, 2.05) is 0 Å². The van der Waals surface area contributed by atoms with E-state index in [2.05, 4.69) is 175 Å². The zero-order valence-corrected chi connectivity index (χ0v) is 45.2. The Balaban J connectivity index is 1.61. The summed E-state index contributed by atoms with van der Waals surface area (Å²) in [5.41, 5.74) is 16.1. The van der Waals surface area contributed by atoms with E-state index in [4.69, 9.17) is 0 Å². The van der Waals surface area contributed by atoms with Crippen LogP contribution in [0.3, 0.4) is 0 Å². The fourth-order valence-corrected chi connectivity index (χ4v) is 15.0. The molecular formula is C66H98. The van der Waals surface area contributed by atoms with Gasteiger partial charge in [-0.1, -0.05) is 252 Å². The first-order chi connectivity index (χ1) is 31.8. The Morgan fingerprint density at radius 1 is 0.485 bits per heavy atom. The zero-order valence-electron chi connectivity index (χ0n) is 45.2. The summed E-state index contributed by atoms with van der Waals surface area (Å²) in [6.07, 6.45) is 37.8. The van der Waals surface area contributed by atoms with Crippen molar-refractivity contribution in [2.45, 2.75) is 253 Å². The highest BCUT2D eigenvalue weighted by Gasteiger charge is 2.61. The van der Waals surface area contributed by atoms with Gasteiger partial charge in [-0.25, -0.2) is 0 Å². The van der Waals surface area contributed by atoms with Gasteiger partial charge in [0, 0.05) is 22.2 Å². The fraction of sp³-hybridized carbons (Fsp3) is 0.636. The second-order valence-electron chi connectivity index (χ2n) is 22.6. The molecule has 3 aliphatic carbocycles. The van der Waals surface area contributed by atoms with Crippen LogP contribution in [0.2, 0.25) is 0 Å². The Kier molecular flexibility index (Phi) is 17.5. The number of hydrogen-bond acceptors (Lipinski definition) is 0. The molecule has 0 aromatic heterocycles.